The van der Waals surface area contributed by atoms with Crippen LogP contribution >= 0.6 is 15.9 Å². The summed E-state index contributed by atoms with van der Waals surface area (Å²) in [6.07, 6.45) is 0. The molecule has 0 aromatic heterocycles. The van der Waals surface area contributed by atoms with E-state index in [2.05, 4.69) is 32.6 Å². The first-order valence-electron chi connectivity index (χ1n) is 6.02. The maximum Gasteiger partial charge on any atom is 0.242 e. The van der Waals surface area contributed by atoms with Crippen LogP contribution < -0.4 is 10.6 Å². The molecule has 1 unspecified atom stereocenters. The van der Waals surface area contributed by atoms with Crippen molar-refractivity contribution < 1.29 is 4.79 Å². The van der Waals surface area contributed by atoms with Crippen LogP contribution in [0.25, 0.3) is 0 Å². The van der Waals surface area contributed by atoms with Gasteiger partial charge in [0, 0.05) is 10.0 Å². The van der Waals surface area contributed by atoms with E-state index in [1.54, 1.807) is 19.1 Å². The van der Waals surface area contributed by atoms with Gasteiger partial charge in [-0.25, -0.2) is 0 Å². The highest BCUT2D eigenvalue weighted by molar-refractivity contribution is 9.10. The number of hydrogen-bond acceptors (Lipinski definition) is 3. The van der Waals surface area contributed by atoms with Gasteiger partial charge in [-0.1, -0.05) is 6.07 Å². The molecule has 102 valence electrons. The van der Waals surface area contributed by atoms with Gasteiger partial charge in [0.2, 0.25) is 5.91 Å². The Morgan fingerprint density at radius 1 is 1.42 bits per heavy atom. The molecule has 0 heterocycles. The Hall–Kier alpha value is -1.54. The molecule has 1 aromatic rings. The number of nitriles is 1. The van der Waals surface area contributed by atoms with Gasteiger partial charge in [-0.2, -0.15) is 5.26 Å². The average Bonchev–Trinajstić information content (AvgIpc) is 2.27. The first-order chi connectivity index (χ1) is 8.74. The number of hydrogen-bond donors (Lipinski definition) is 2. The number of amides is 1. The SMILES string of the molecule is CC(Nc1cccc(Br)c1C#N)C(=O)NC(C)(C)C. The standard InChI is InChI=1S/C14H18BrN3O/c1-9(13(19)18-14(2,3)4)17-12-7-5-6-11(15)10(12)8-16/h5-7,9,17H,1-4H3,(H,18,19). The normalized spacial score (nSPS) is 12.4. The van der Waals surface area contributed by atoms with Crippen molar-refractivity contribution in [2.45, 2.75) is 39.3 Å². The fraction of sp³-hybridized carbons (Fsp3) is 0.429. The van der Waals surface area contributed by atoms with Crippen LogP contribution in [0, 0.1) is 11.3 Å². The Kier molecular flexibility index (Phi) is 4.96. The Balaban J connectivity index is 2.84. The van der Waals surface area contributed by atoms with Crippen LogP contribution in [0.5, 0.6) is 0 Å². The number of halogens is 1. The fourth-order valence-corrected chi connectivity index (χ4v) is 1.99. The molecule has 0 saturated carbocycles. The summed E-state index contributed by atoms with van der Waals surface area (Å²) in [4.78, 5) is 12.0. The second-order valence-corrected chi connectivity index (χ2v) is 6.23. The molecule has 19 heavy (non-hydrogen) atoms. The molecule has 1 amide bonds. The molecular formula is C14H18BrN3O. The predicted molar refractivity (Wildman–Crippen MR) is 79.8 cm³/mol. The van der Waals surface area contributed by atoms with Gasteiger partial charge >= 0.3 is 0 Å². The van der Waals surface area contributed by atoms with Crippen molar-refractivity contribution in [3.05, 3.63) is 28.2 Å². The van der Waals surface area contributed by atoms with E-state index >= 15 is 0 Å². The molecule has 0 fully saturated rings. The molecule has 0 aliphatic carbocycles. The zero-order valence-electron chi connectivity index (χ0n) is 11.5. The minimum atomic E-state index is -0.416. The zero-order chi connectivity index (χ0) is 14.6. The van der Waals surface area contributed by atoms with Gasteiger partial charge in [-0.15, -0.1) is 0 Å². The second kappa shape index (κ2) is 6.07. The lowest BCUT2D eigenvalue weighted by molar-refractivity contribution is -0.122. The first-order valence-corrected chi connectivity index (χ1v) is 6.81. The third-order valence-corrected chi connectivity index (χ3v) is 3.05. The smallest absolute Gasteiger partial charge is 0.242 e. The van der Waals surface area contributed by atoms with E-state index in [9.17, 15) is 4.79 Å². The fourth-order valence-electron chi connectivity index (χ4n) is 1.53. The van der Waals surface area contributed by atoms with Gasteiger partial charge in [-0.3, -0.25) is 4.79 Å². The maximum atomic E-state index is 12.0. The van der Waals surface area contributed by atoms with Crippen LogP contribution in [0.2, 0.25) is 0 Å². The Bertz CT molecular complexity index is 514. The van der Waals surface area contributed by atoms with Gasteiger partial charge < -0.3 is 10.6 Å². The number of benzene rings is 1. The lowest BCUT2D eigenvalue weighted by Crippen LogP contribution is -2.47. The van der Waals surface area contributed by atoms with Crippen molar-refractivity contribution in [1.29, 1.82) is 5.26 Å². The van der Waals surface area contributed by atoms with Crippen LogP contribution in [-0.4, -0.2) is 17.5 Å². The number of carbonyl (C=O) groups is 1. The van der Waals surface area contributed by atoms with Crippen LogP contribution in [0.4, 0.5) is 5.69 Å². The molecule has 0 saturated heterocycles. The molecule has 1 rings (SSSR count). The first kappa shape index (κ1) is 15.5. The summed E-state index contributed by atoms with van der Waals surface area (Å²) < 4.78 is 0.712. The third kappa shape index (κ3) is 4.56. The monoisotopic (exact) mass is 323 g/mol. The summed E-state index contributed by atoms with van der Waals surface area (Å²) >= 11 is 3.32. The molecule has 0 bridgehead atoms. The van der Waals surface area contributed by atoms with E-state index in [1.807, 2.05) is 26.8 Å². The van der Waals surface area contributed by atoms with Gasteiger partial charge in [0.1, 0.15) is 12.1 Å². The van der Waals surface area contributed by atoms with Crippen molar-refractivity contribution in [1.82, 2.24) is 5.32 Å². The second-order valence-electron chi connectivity index (χ2n) is 5.38. The highest BCUT2D eigenvalue weighted by Gasteiger charge is 2.20. The molecule has 0 aliphatic heterocycles. The Morgan fingerprint density at radius 3 is 2.58 bits per heavy atom. The minimum absolute atomic E-state index is 0.101. The van der Waals surface area contributed by atoms with E-state index in [4.69, 9.17) is 5.26 Å². The van der Waals surface area contributed by atoms with Crippen molar-refractivity contribution in [3.8, 4) is 6.07 Å². The molecule has 0 aliphatic rings. The van der Waals surface area contributed by atoms with Crippen molar-refractivity contribution in [2.24, 2.45) is 0 Å². The van der Waals surface area contributed by atoms with Crippen LogP contribution in [0.1, 0.15) is 33.3 Å². The van der Waals surface area contributed by atoms with E-state index in [0.717, 1.165) is 0 Å². The van der Waals surface area contributed by atoms with Crippen LogP contribution in [0.15, 0.2) is 22.7 Å². The molecule has 0 radical (unpaired) electrons. The quantitative estimate of drug-likeness (QED) is 0.898. The number of rotatable bonds is 3. The van der Waals surface area contributed by atoms with Gasteiger partial charge in [-0.05, 0) is 55.8 Å². The summed E-state index contributed by atoms with van der Waals surface area (Å²) in [5, 5.41) is 15.1. The summed E-state index contributed by atoms with van der Waals surface area (Å²) in [5.41, 5.74) is 0.869. The van der Waals surface area contributed by atoms with Gasteiger partial charge in [0.05, 0.1) is 11.3 Å². The highest BCUT2D eigenvalue weighted by atomic mass is 79.9. The van der Waals surface area contributed by atoms with Crippen molar-refractivity contribution in [2.75, 3.05) is 5.32 Å². The van der Waals surface area contributed by atoms with Crippen molar-refractivity contribution in [3.63, 3.8) is 0 Å². The molecule has 5 heteroatoms. The number of carbonyl (C=O) groups excluding carboxylic acids is 1. The van der Waals surface area contributed by atoms with E-state index in [0.29, 0.717) is 15.7 Å². The Morgan fingerprint density at radius 2 is 2.05 bits per heavy atom. The summed E-state index contributed by atoms with van der Waals surface area (Å²) in [7, 11) is 0. The van der Waals surface area contributed by atoms with E-state index in [-0.39, 0.29) is 11.4 Å². The summed E-state index contributed by atoms with van der Waals surface area (Å²) in [5.74, 6) is -0.101. The predicted octanol–water partition coefficient (Wildman–Crippen LogP) is 3.04. The molecule has 1 aromatic carbocycles. The number of nitrogens with zero attached hydrogens (tertiary/aromatic N) is 1. The largest absolute Gasteiger partial charge is 0.373 e. The number of nitrogens with one attached hydrogen (secondary N) is 2. The van der Waals surface area contributed by atoms with Crippen LogP contribution in [-0.2, 0) is 4.79 Å². The average molecular weight is 324 g/mol. The molecule has 2 N–H and O–H groups in total. The zero-order valence-corrected chi connectivity index (χ0v) is 13.1. The van der Waals surface area contributed by atoms with Crippen LogP contribution in [0.3, 0.4) is 0 Å². The van der Waals surface area contributed by atoms with Gasteiger partial charge in [0.15, 0.2) is 0 Å². The highest BCUT2D eigenvalue weighted by Crippen LogP contribution is 2.24. The molecular weight excluding hydrogens is 306 g/mol. The maximum absolute atomic E-state index is 12.0. The van der Waals surface area contributed by atoms with Crippen molar-refractivity contribution >= 4 is 27.5 Å². The molecule has 0 spiro atoms. The topological polar surface area (TPSA) is 64.9 Å². The van der Waals surface area contributed by atoms with E-state index < -0.39 is 6.04 Å². The third-order valence-electron chi connectivity index (χ3n) is 2.39. The summed E-state index contributed by atoms with van der Waals surface area (Å²) in [6, 6.07) is 7.10. The lowest BCUT2D eigenvalue weighted by Gasteiger charge is -2.24. The lowest BCUT2D eigenvalue weighted by atomic mass is 10.1. The van der Waals surface area contributed by atoms with Gasteiger partial charge in [0.25, 0.3) is 0 Å². The summed E-state index contributed by atoms with van der Waals surface area (Å²) in [6.45, 7) is 7.55. The minimum Gasteiger partial charge on any atom is -0.373 e. The molecule has 4 nitrogen and oxygen atoms in total. The Labute approximate surface area is 122 Å². The molecule has 1 atom stereocenters. The number of anilines is 1. The van der Waals surface area contributed by atoms with E-state index in [1.165, 1.54) is 0 Å².